The lowest BCUT2D eigenvalue weighted by atomic mass is 10.0. The van der Waals surface area contributed by atoms with Gasteiger partial charge >= 0.3 is 0 Å². The van der Waals surface area contributed by atoms with E-state index in [0.29, 0.717) is 6.61 Å². The Morgan fingerprint density at radius 1 is 1.47 bits per heavy atom. The zero-order valence-electron chi connectivity index (χ0n) is 11.1. The zero-order chi connectivity index (χ0) is 12.8. The van der Waals surface area contributed by atoms with Gasteiger partial charge in [0.1, 0.15) is 6.29 Å². The number of carbonyl (C=O) groups excluding carboxylic acids is 1. The lowest BCUT2D eigenvalue weighted by Crippen LogP contribution is -2.26. The van der Waals surface area contributed by atoms with Crippen molar-refractivity contribution in [3.63, 3.8) is 0 Å². The number of methoxy groups -OCH3 is 1. The Hall–Kier alpha value is -1.19. The van der Waals surface area contributed by atoms with Crippen molar-refractivity contribution in [3.8, 4) is 0 Å². The van der Waals surface area contributed by atoms with Crippen LogP contribution in [0.1, 0.15) is 34.5 Å². The highest BCUT2D eigenvalue weighted by molar-refractivity contribution is 5.77. The summed E-state index contributed by atoms with van der Waals surface area (Å²) >= 11 is 0. The van der Waals surface area contributed by atoms with E-state index >= 15 is 0 Å². The summed E-state index contributed by atoms with van der Waals surface area (Å²) in [5.41, 5.74) is 2.96. The molecular formula is C14H21NO2. The molecule has 1 unspecified atom stereocenters. The Bertz CT molecular complexity index is 376. The molecule has 0 N–H and O–H groups in total. The van der Waals surface area contributed by atoms with E-state index in [9.17, 15) is 4.79 Å². The van der Waals surface area contributed by atoms with E-state index < -0.39 is 0 Å². The molecule has 0 saturated heterocycles. The van der Waals surface area contributed by atoms with Gasteiger partial charge in [-0.1, -0.05) is 12.1 Å². The van der Waals surface area contributed by atoms with Gasteiger partial charge in [0.15, 0.2) is 0 Å². The number of nitrogens with zero attached hydrogens (tertiary/aromatic N) is 1. The van der Waals surface area contributed by atoms with Gasteiger partial charge in [-0.3, -0.25) is 9.69 Å². The third-order valence-electron chi connectivity index (χ3n) is 3.22. The Morgan fingerprint density at radius 2 is 2.18 bits per heavy atom. The molecule has 0 aliphatic heterocycles. The molecular weight excluding hydrogens is 214 g/mol. The van der Waals surface area contributed by atoms with Crippen LogP contribution in [0.3, 0.4) is 0 Å². The summed E-state index contributed by atoms with van der Waals surface area (Å²) in [4.78, 5) is 13.1. The Kier molecular flexibility index (Phi) is 5.32. The van der Waals surface area contributed by atoms with E-state index in [2.05, 4.69) is 24.9 Å². The van der Waals surface area contributed by atoms with Crippen LogP contribution in [-0.2, 0) is 4.74 Å². The van der Waals surface area contributed by atoms with Crippen LogP contribution >= 0.6 is 0 Å². The predicted octanol–water partition coefficient (Wildman–Crippen LogP) is 2.45. The molecule has 0 spiro atoms. The SMILES string of the molecule is COCCN(C)C(C)c1ccc(C)c(C=O)c1. The van der Waals surface area contributed by atoms with E-state index in [1.54, 1.807) is 7.11 Å². The highest BCUT2D eigenvalue weighted by atomic mass is 16.5. The largest absolute Gasteiger partial charge is 0.383 e. The second kappa shape index (κ2) is 6.52. The summed E-state index contributed by atoms with van der Waals surface area (Å²) in [5, 5.41) is 0. The summed E-state index contributed by atoms with van der Waals surface area (Å²) < 4.78 is 5.06. The fourth-order valence-electron chi connectivity index (χ4n) is 1.73. The van der Waals surface area contributed by atoms with Crippen LogP contribution in [0.5, 0.6) is 0 Å². The first kappa shape index (κ1) is 13.9. The van der Waals surface area contributed by atoms with E-state index in [0.717, 1.165) is 29.5 Å². The molecule has 3 heteroatoms. The van der Waals surface area contributed by atoms with E-state index in [4.69, 9.17) is 4.74 Å². The summed E-state index contributed by atoms with van der Waals surface area (Å²) in [6.07, 6.45) is 0.917. The molecule has 94 valence electrons. The Balaban J connectivity index is 2.81. The van der Waals surface area contributed by atoms with Crippen LogP contribution in [0.25, 0.3) is 0 Å². The first-order valence-corrected chi connectivity index (χ1v) is 5.85. The zero-order valence-corrected chi connectivity index (χ0v) is 11.1. The second-order valence-electron chi connectivity index (χ2n) is 4.38. The lowest BCUT2D eigenvalue weighted by molar-refractivity contribution is 0.112. The molecule has 0 aliphatic rings. The molecule has 0 amide bonds. The third kappa shape index (κ3) is 3.65. The number of likely N-dealkylation sites (N-methyl/N-ethyl adjacent to an activating group) is 1. The molecule has 0 radical (unpaired) electrons. The minimum atomic E-state index is 0.282. The number of hydrogen-bond acceptors (Lipinski definition) is 3. The standard InChI is InChI=1S/C14H21NO2/c1-11-5-6-13(9-14(11)10-16)12(2)15(3)7-8-17-4/h5-6,9-10,12H,7-8H2,1-4H3. The maximum atomic E-state index is 10.9. The van der Waals surface area contributed by atoms with Gasteiger partial charge in [0.05, 0.1) is 6.61 Å². The molecule has 1 aromatic rings. The molecule has 3 nitrogen and oxygen atoms in total. The van der Waals surface area contributed by atoms with Crippen molar-refractivity contribution >= 4 is 6.29 Å². The number of aryl methyl sites for hydroxylation is 1. The van der Waals surface area contributed by atoms with Gasteiger partial charge in [0.2, 0.25) is 0 Å². The molecule has 1 atom stereocenters. The van der Waals surface area contributed by atoms with E-state index in [1.807, 2.05) is 19.1 Å². The molecule has 0 aliphatic carbocycles. The summed E-state index contributed by atoms with van der Waals surface area (Å²) in [7, 11) is 3.76. The summed E-state index contributed by atoms with van der Waals surface area (Å²) in [5.74, 6) is 0. The smallest absolute Gasteiger partial charge is 0.150 e. The molecule has 0 fully saturated rings. The van der Waals surface area contributed by atoms with Crippen molar-refractivity contribution in [2.75, 3.05) is 27.3 Å². The van der Waals surface area contributed by atoms with Crippen molar-refractivity contribution in [3.05, 3.63) is 34.9 Å². The number of benzene rings is 1. The monoisotopic (exact) mass is 235 g/mol. The summed E-state index contributed by atoms with van der Waals surface area (Å²) in [6.45, 7) is 5.68. The predicted molar refractivity (Wildman–Crippen MR) is 69.5 cm³/mol. The second-order valence-corrected chi connectivity index (χ2v) is 4.38. The fraction of sp³-hybridized carbons (Fsp3) is 0.500. The van der Waals surface area contributed by atoms with Crippen LogP contribution in [0.2, 0.25) is 0 Å². The van der Waals surface area contributed by atoms with Gasteiger partial charge in [-0.25, -0.2) is 0 Å². The topological polar surface area (TPSA) is 29.5 Å². The van der Waals surface area contributed by atoms with Crippen molar-refractivity contribution < 1.29 is 9.53 Å². The number of hydrogen-bond donors (Lipinski definition) is 0. The van der Waals surface area contributed by atoms with Crippen LogP contribution < -0.4 is 0 Å². The third-order valence-corrected chi connectivity index (χ3v) is 3.22. The van der Waals surface area contributed by atoms with Crippen LogP contribution in [0.15, 0.2) is 18.2 Å². The van der Waals surface area contributed by atoms with E-state index in [1.165, 1.54) is 0 Å². The highest BCUT2D eigenvalue weighted by Crippen LogP contribution is 2.20. The van der Waals surface area contributed by atoms with Crippen molar-refractivity contribution in [2.45, 2.75) is 19.9 Å². The fourth-order valence-corrected chi connectivity index (χ4v) is 1.73. The number of aldehydes is 1. The Morgan fingerprint density at radius 3 is 2.76 bits per heavy atom. The molecule has 1 rings (SSSR count). The van der Waals surface area contributed by atoms with Gasteiger partial charge in [0.25, 0.3) is 0 Å². The molecule has 0 saturated carbocycles. The van der Waals surface area contributed by atoms with Gasteiger partial charge < -0.3 is 4.74 Å². The van der Waals surface area contributed by atoms with Crippen molar-refractivity contribution in [1.29, 1.82) is 0 Å². The summed E-state index contributed by atoms with van der Waals surface area (Å²) in [6, 6.07) is 6.33. The number of ether oxygens (including phenoxy) is 1. The van der Waals surface area contributed by atoms with Gasteiger partial charge in [-0.15, -0.1) is 0 Å². The lowest BCUT2D eigenvalue weighted by Gasteiger charge is -2.25. The minimum absolute atomic E-state index is 0.282. The van der Waals surface area contributed by atoms with Gasteiger partial charge in [-0.05, 0) is 38.1 Å². The maximum absolute atomic E-state index is 10.9. The number of carbonyl (C=O) groups is 1. The Labute approximate surface area is 103 Å². The average molecular weight is 235 g/mol. The minimum Gasteiger partial charge on any atom is -0.383 e. The number of rotatable bonds is 6. The first-order valence-electron chi connectivity index (χ1n) is 5.85. The quantitative estimate of drug-likeness (QED) is 0.709. The van der Waals surface area contributed by atoms with Gasteiger partial charge in [-0.2, -0.15) is 0 Å². The molecule has 17 heavy (non-hydrogen) atoms. The highest BCUT2D eigenvalue weighted by Gasteiger charge is 2.12. The molecule has 0 heterocycles. The van der Waals surface area contributed by atoms with Crippen molar-refractivity contribution in [2.24, 2.45) is 0 Å². The van der Waals surface area contributed by atoms with Crippen LogP contribution in [0.4, 0.5) is 0 Å². The van der Waals surface area contributed by atoms with Gasteiger partial charge in [0, 0.05) is 25.3 Å². The van der Waals surface area contributed by atoms with E-state index in [-0.39, 0.29) is 6.04 Å². The van der Waals surface area contributed by atoms with Crippen molar-refractivity contribution in [1.82, 2.24) is 4.90 Å². The average Bonchev–Trinajstić information content (AvgIpc) is 2.35. The molecule has 1 aromatic carbocycles. The molecule has 0 bridgehead atoms. The maximum Gasteiger partial charge on any atom is 0.150 e. The first-order chi connectivity index (χ1) is 8.10. The normalized spacial score (nSPS) is 12.8. The van der Waals surface area contributed by atoms with Crippen LogP contribution in [-0.4, -0.2) is 38.5 Å². The molecule has 0 aromatic heterocycles. The van der Waals surface area contributed by atoms with Crippen LogP contribution in [0, 0.1) is 6.92 Å².